The molecule has 0 aliphatic rings. The van der Waals surface area contributed by atoms with Gasteiger partial charge in [-0.2, -0.15) is 0 Å². The van der Waals surface area contributed by atoms with E-state index in [0.717, 1.165) is 52.1 Å². The molecule has 0 aliphatic heterocycles. The maximum absolute atomic E-state index is 12.0. The van der Waals surface area contributed by atoms with E-state index in [1.54, 1.807) is 0 Å². The number of alkyl halides is 1. The number of para-hydroxylation sites is 2. The number of fused-ring (bicyclic) bond motifs is 2. The topological polar surface area (TPSA) is 54.4 Å². The smallest absolute Gasteiger partial charge is 0.207 e. The maximum Gasteiger partial charge on any atom is 0.207 e. The molecule has 0 fully saturated rings. The normalized spacial score (nSPS) is 11.4. The average Bonchev–Trinajstić information content (AvgIpc) is 2.67. The Morgan fingerprint density at radius 2 is 1.70 bits per heavy atom. The monoisotopic (exact) mass is 509 g/mol. The first kappa shape index (κ1) is 21.9. The second-order valence-corrected chi connectivity index (χ2v) is 7.40. The minimum atomic E-state index is 0. The lowest BCUT2D eigenvalue weighted by atomic mass is 10.1. The van der Waals surface area contributed by atoms with Crippen LogP contribution in [0.5, 0.6) is 0 Å². The fourth-order valence-corrected chi connectivity index (χ4v) is 3.58. The van der Waals surface area contributed by atoms with Gasteiger partial charge in [0.25, 0.3) is 0 Å². The highest BCUT2D eigenvalue weighted by atomic mass is 79.9. The summed E-state index contributed by atoms with van der Waals surface area (Å²) < 4.78 is 0. The molecule has 3 aromatic rings. The van der Waals surface area contributed by atoms with E-state index >= 15 is 0 Å². The fourth-order valence-electron chi connectivity index (χ4n) is 2.65. The number of nitrogens with one attached hydrogen (secondary N) is 1. The van der Waals surface area contributed by atoms with Crippen molar-refractivity contribution in [1.82, 2.24) is 4.98 Å². The van der Waals surface area contributed by atoms with Gasteiger partial charge in [-0.15, -0.1) is 17.0 Å². The Labute approximate surface area is 182 Å². The minimum Gasteiger partial charge on any atom is -0.334 e. The van der Waals surface area contributed by atoms with E-state index in [4.69, 9.17) is 4.98 Å². The minimum absolute atomic E-state index is 0. The van der Waals surface area contributed by atoms with Crippen molar-refractivity contribution in [2.75, 3.05) is 17.2 Å². The van der Waals surface area contributed by atoms with Crippen LogP contribution in [-0.2, 0) is 4.79 Å². The Balaban J connectivity index is 0.00000261. The summed E-state index contributed by atoms with van der Waals surface area (Å²) >= 11 is 4.37. The lowest BCUT2D eigenvalue weighted by Gasteiger charge is -2.14. The van der Waals surface area contributed by atoms with E-state index in [0.29, 0.717) is 17.0 Å². The molecule has 0 spiro atoms. The number of unbranched alkanes of at least 4 members (excludes halogenated alkanes) is 1. The number of hydrogen-bond donors (Lipinski definition) is 1. The number of aliphatic imine (C=N–C) groups is 1. The van der Waals surface area contributed by atoms with Gasteiger partial charge in [-0.3, -0.25) is 9.79 Å². The van der Waals surface area contributed by atoms with Crippen molar-refractivity contribution in [1.29, 1.82) is 0 Å². The number of thioether (sulfide) groups is 1. The Hall–Kier alpha value is -1.44. The fraction of sp³-hybridized carbons (Fsp3) is 0.250. The van der Waals surface area contributed by atoms with Gasteiger partial charge < -0.3 is 5.32 Å². The van der Waals surface area contributed by atoms with Crippen LogP contribution in [0, 0.1) is 0 Å². The molecule has 142 valence electrons. The van der Waals surface area contributed by atoms with Crippen LogP contribution in [0.3, 0.4) is 0 Å². The molecule has 0 amide bonds. The summed E-state index contributed by atoms with van der Waals surface area (Å²) in [6.45, 7) is 2.83. The Morgan fingerprint density at radius 3 is 2.26 bits per heavy atom. The molecule has 1 N–H and O–H groups in total. The molecular formula is C20H21Br2N3OS. The van der Waals surface area contributed by atoms with Gasteiger partial charge in [-0.05, 0) is 30.3 Å². The van der Waals surface area contributed by atoms with Crippen LogP contribution in [0.15, 0.2) is 53.5 Å². The first-order valence-corrected chi connectivity index (χ1v) is 10.5. The van der Waals surface area contributed by atoms with Crippen molar-refractivity contribution in [2.45, 2.75) is 19.8 Å². The number of pyridine rings is 1. The number of nitrogens with zero attached hydrogens (tertiary/aromatic N) is 2. The van der Waals surface area contributed by atoms with Crippen molar-refractivity contribution in [3.8, 4) is 0 Å². The number of rotatable bonds is 5. The van der Waals surface area contributed by atoms with Crippen LogP contribution in [-0.4, -0.2) is 27.1 Å². The number of anilines is 1. The largest absolute Gasteiger partial charge is 0.334 e. The summed E-state index contributed by atoms with van der Waals surface area (Å²) in [4.78, 5) is 21.3. The molecule has 0 saturated carbocycles. The summed E-state index contributed by atoms with van der Waals surface area (Å²) in [5.41, 5.74) is 2.77. The van der Waals surface area contributed by atoms with Gasteiger partial charge in [-0.25, -0.2) is 4.98 Å². The van der Waals surface area contributed by atoms with Gasteiger partial charge in [0.15, 0.2) is 5.17 Å². The summed E-state index contributed by atoms with van der Waals surface area (Å²) in [6.07, 6.45) is 2.06. The second-order valence-electron chi connectivity index (χ2n) is 5.79. The lowest BCUT2D eigenvalue weighted by Crippen LogP contribution is -2.13. The number of aromatic nitrogens is 1. The third-order valence-corrected chi connectivity index (χ3v) is 5.58. The molecule has 2 aromatic carbocycles. The Morgan fingerprint density at radius 1 is 1.11 bits per heavy atom. The van der Waals surface area contributed by atoms with Crippen LogP contribution < -0.4 is 5.32 Å². The van der Waals surface area contributed by atoms with Crippen molar-refractivity contribution in [3.05, 3.63) is 48.5 Å². The van der Waals surface area contributed by atoms with Gasteiger partial charge in [0.1, 0.15) is 0 Å². The SMILES string of the molecule is Br.CCCCN=C(Nc1c2ccccc2nc2ccccc12)SC(=O)CBr. The first-order valence-electron chi connectivity index (χ1n) is 8.58. The van der Waals surface area contributed by atoms with Crippen LogP contribution in [0.25, 0.3) is 21.8 Å². The zero-order valence-corrected chi connectivity index (χ0v) is 19.1. The van der Waals surface area contributed by atoms with E-state index in [1.807, 2.05) is 48.5 Å². The molecular weight excluding hydrogens is 490 g/mol. The summed E-state index contributed by atoms with van der Waals surface area (Å²) in [5.74, 6) is 0. The van der Waals surface area contributed by atoms with E-state index < -0.39 is 0 Å². The van der Waals surface area contributed by atoms with E-state index in [1.165, 1.54) is 0 Å². The highest BCUT2D eigenvalue weighted by molar-refractivity contribution is 9.09. The predicted octanol–water partition coefficient (Wildman–Crippen LogP) is 6.19. The van der Waals surface area contributed by atoms with Crippen molar-refractivity contribution >= 4 is 82.4 Å². The number of carbonyl (C=O) groups is 1. The summed E-state index contributed by atoms with van der Waals surface area (Å²) in [7, 11) is 0. The molecule has 4 nitrogen and oxygen atoms in total. The van der Waals surface area contributed by atoms with Gasteiger partial charge in [0.05, 0.1) is 22.1 Å². The number of hydrogen-bond acceptors (Lipinski definition) is 4. The summed E-state index contributed by atoms with van der Waals surface area (Å²) in [5, 5.41) is 6.40. The third kappa shape index (κ3) is 5.53. The Bertz CT molecular complexity index is 908. The molecule has 27 heavy (non-hydrogen) atoms. The standard InChI is InChI=1S/C20H20BrN3OS.BrH/c1-2-3-12-22-20(26-18(25)13-21)24-19-14-8-4-6-10-16(14)23-17-11-7-5-9-15(17)19;/h4-11H,2-3,12-13H2,1H3,(H,22,23,24);1H. The van der Waals surface area contributed by atoms with Gasteiger partial charge in [0, 0.05) is 17.3 Å². The highest BCUT2D eigenvalue weighted by Gasteiger charge is 2.13. The zero-order chi connectivity index (χ0) is 18.4. The van der Waals surface area contributed by atoms with Crippen LogP contribution >= 0.6 is 44.7 Å². The van der Waals surface area contributed by atoms with Crippen LogP contribution in [0.1, 0.15) is 19.8 Å². The molecule has 7 heteroatoms. The number of benzene rings is 2. The number of carbonyl (C=O) groups excluding carboxylic acids is 1. The van der Waals surface area contributed by atoms with E-state index in [2.05, 4.69) is 33.2 Å². The molecule has 0 radical (unpaired) electrons. The molecule has 1 heterocycles. The molecule has 0 bridgehead atoms. The molecule has 0 atom stereocenters. The second kappa shape index (κ2) is 10.8. The Kier molecular flexibility index (Phi) is 8.73. The van der Waals surface area contributed by atoms with E-state index in [-0.39, 0.29) is 22.1 Å². The van der Waals surface area contributed by atoms with Crippen molar-refractivity contribution < 1.29 is 4.79 Å². The maximum atomic E-state index is 12.0. The molecule has 0 saturated heterocycles. The predicted molar refractivity (Wildman–Crippen MR) is 127 cm³/mol. The highest BCUT2D eigenvalue weighted by Crippen LogP contribution is 2.31. The van der Waals surface area contributed by atoms with Gasteiger partial charge >= 0.3 is 0 Å². The van der Waals surface area contributed by atoms with Gasteiger partial charge in [-0.1, -0.05) is 65.7 Å². The van der Waals surface area contributed by atoms with Crippen molar-refractivity contribution in [3.63, 3.8) is 0 Å². The molecule has 1 aromatic heterocycles. The molecule has 0 aliphatic carbocycles. The van der Waals surface area contributed by atoms with Crippen LogP contribution in [0.4, 0.5) is 5.69 Å². The van der Waals surface area contributed by atoms with E-state index in [9.17, 15) is 4.79 Å². The quantitative estimate of drug-likeness (QED) is 0.146. The summed E-state index contributed by atoms with van der Waals surface area (Å²) in [6, 6.07) is 16.0. The third-order valence-electron chi connectivity index (χ3n) is 3.91. The molecule has 0 unspecified atom stereocenters. The molecule has 3 rings (SSSR count). The first-order chi connectivity index (χ1) is 12.7. The average molecular weight is 511 g/mol. The number of halogens is 2. The van der Waals surface area contributed by atoms with Gasteiger partial charge in [0.2, 0.25) is 5.12 Å². The number of amidine groups is 1. The van der Waals surface area contributed by atoms with Crippen LogP contribution in [0.2, 0.25) is 0 Å². The van der Waals surface area contributed by atoms with Crippen molar-refractivity contribution in [2.24, 2.45) is 4.99 Å². The zero-order valence-electron chi connectivity index (χ0n) is 14.9. The lowest BCUT2D eigenvalue weighted by molar-refractivity contribution is -0.108.